The monoisotopic (exact) mass is 330 g/mol. The van der Waals surface area contributed by atoms with Crippen LogP contribution in [0.5, 0.6) is 11.5 Å². The highest BCUT2D eigenvalue weighted by Crippen LogP contribution is 2.37. The molecule has 2 rings (SSSR count). The summed E-state index contributed by atoms with van der Waals surface area (Å²) in [6, 6.07) is 2.48. The molecule has 0 spiro atoms. The van der Waals surface area contributed by atoms with Crippen molar-refractivity contribution in [1.82, 2.24) is 4.31 Å². The van der Waals surface area contributed by atoms with Crippen LogP contribution in [-0.2, 0) is 10.2 Å². The lowest BCUT2D eigenvalue weighted by molar-refractivity contribution is 0.0696. The first-order valence-corrected chi connectivity index (χ1v) is 8.10. The molecule has 0 aliphatic carbocycles. The number of methoxy groups -OCH3 is 2. The maximum Gasteiger partial charge on any atom is 0.335 e. The Morgan fingerprint density at radius 3 is 2.36 bits per heavy atom. The van der Waals surface area contributed by atoms with Crippen LogP contribution >= 0.6 is 0 Å². The van der Waals surface area contributed by atoms with Gasteiger partial charge in [0, 0.05) is 13.1 Å². The number of carbonyl (C=O) groups is 1. The number of nitrogens with one attached hydrogen (secondary N) is 1. The lowest BCUT2D eigenvalue weighted by Gasteiger charge is -2.19. The lowest BCUT2D eigenvalue weighted by atomic mass is 10.1. The van der Waals surface area contributed by atoms with E-state index >= 15 is 0 Å². The van der Waals surface area contributed by atoms with Gasteiger partial charge in [-0.3, -0.25) is 4.72 Å². The average molecular weight is 330 g/mol. The number of hydrogen-bond acceptors (Lipinski definition) is 5. The first-order chi connectivity index (χ1) is 10.4. The van der Waals surface area contributed by atoms with Crippen LogP contribution in [0.3, 0.4) is 0 Å². The Labute approximate surface area is 128 Å². The van der Waals surface area contributed by atoms with Gasteiger partial charge in [0.2, 0.25) is 0 Å². The molecule has 1 aliphatic rings. The largest absolute Gasteiger partial charge is 0.493 e. The van der Waals surface area contributed by atoms with Crippen LogP contribution in [0.2, 0.25) is 0 Å². The minimum absolute atomic E-state index is 0.0335. The quantitative estimate of drug-likeness (QED) is 0.811. The number of carboxylic acid groups (broad SMARTS) is 1. The van der Waals surface area contributed by atoms with Gasteiger partial charge >= 0.3 is 16.2 Å². The zero-order valence-corrected chi connectivity index (χ0v) is 13.1. The zero-order chi connectivity index (χ0) is 16.3. The highest BCUT2D eigenvalue weighted by atomic mass is 32.2. The van der Waals surface area contributed by atoms with Crippen LogP contribution < -0.4 is 14.2 Å². The predicted octanol–water partition coefficient (Wildman–Crippen LogP) is 1.15. The molecule has 8 nitrogen and oxygen atoms in total. The molecule has 22 heavy (non-hydrogen) atoms. The summed E-state index contributed by atoms with van der Waals surface area (Å²) in [5, 5.41) is 9.12. The van der Waals surface area contributed by atoms with Crippen LogP contribution in [-0.4, -0.2) is 51.1 Å². The van der Waals surface area contributed by atoms with Crippen molar-refractivity contribution in [2.75, 3.05) is 32.0 Å². The number of nitrogens with zero attached hydrogens (tertiary/aromatic N) is 1. The van der Waals surface area contributed by atoms with Crippen LogP contribution in [0.4, 0.5) is 5.69 Å². The van der Waals surface area contributed by atoms with Gasteiger partial charge in [0.05, 0.1) is 25.5 Å². The van der Waals surface area contributed by atoms with Gasteiger partial charge in [-0.05, 0) is 25.0 Å². The predicted molar refractivity (Wildman–Crippen MR) is 79.9 cm³/mol. The third kappa shape index (κ3) is 3.25. The molecule has 0 radical (unpaired) electrons. The van der Waals surface area contributed by atoms with Crippen molar-refractivity contribution in [3.63, 3.8) is 0 Å². The molecule has 0 aromatic heterocycles. The summed E-state index contributed by atoms with van der Waals surface area (Å²) in [5.41, 5.74) is -0.0667. The molecule has 0 amide bonds. The number of ether oxygens (including phenoxy) is 2. The van der Waals surface area contributed by atoms with E-state index in [2.05, 4.69) is 4.72 Å². The minimum Gasteiger partial charge on any atom is -0.493 e. The van der Waals surface area contributed by atoms with Gasteiger partial charge in [-0.15, -0.1) is 0 Å². The van der Waals surface area contributed by atoms with E-state index < -0.39 is 16.2 Å². The van der Waals surface area contributed by atoms with E-state index in [0.29, 0.717) is 13.1 Å². The van der Waals surface area contributed by atoms with Gasteiger partial charge in [-0.1, -0.05) is 0 Å². The van der Waals surface area contributed by atoms with Crippen LogP contribution in [0.15, 0.2) is 12.1 Å². The summed E-state index contributed by atoms with van der Waals surface area (Å²) in [5.74, 6) is -0.917. The maximum atomic E-state index is 12.3. The second-order valence-corrected chi connectivity index (χ2v) is 6.45. The molecule has 1 aliphatic heterocycles. The smallest absolute Gasteiger partial charge is 0.335 e. The van der Waals surface area contributed by atoms with E-state index in [1.165, 1.54) is 30.7 Å². The molecule has 0 bridgehead atoms. The van der Waals surface area contributed by atoms with Crippen LogP contribution in [0.25, 0.3) is 0 Å². The molecule has 2 N–H and O–H groups in total. The standard InChI is InChI=1S/C13H18N2O6S/c1-20-11-8-9(13(16)17)7-10(12(11)21-2)14-22(18,19)15-5-3-4-6-15/h7-8,14H,3-6H2,1-2H3,(H,16,17). The van der Waals surface area contributed by atoms with Gasteiger partial charge in [0.25, 0.3) is 0 Å². The van der Waals surface area contributed by atoms with Crippen molar-refractivity contribution < 1.29 is 27.8 Å². The van der Waals surface area contributed by atoms with Crippen molar-refractivity contribution in [2.45, 2.75) is 12.8 Å². The summed E-state index contributed by atoms with van der Waals surface area (Å²) in [7, 11) is -1.06. The van der Waals surface area contributed by atoms with Gasteiger partial charge in [0.1, 0.15) is 0 Å². The SMILES string of the molecule is COc1cc(C(=O)O)cc(NS(=O)(=O)N2CCCC2)c1OC. The van der Waals surface area contributed by atoms with E-state index in [4.69, 9.17) is 14.6 Å². The second kappa shape index (κ2) is 6.41. The Bertz CT molecular complexity index is 667. The van der Waals surface area contributed by atoms with E-state index in [0.717, 1.165) is 12.8 Å². The van der Waals surface area contributed by atoms with Crippen LogP contribution in [0, 0.1) is 0 Å². The van der Waals surface area contributed by atoms with Crippen molar-refractivity contribution >= 4 is 21.9 Å². The van der Waals surface area contributed by atoms with E-state index in [1.54, 1.807) is 0 Å². The summed E-state index contributed by atoms with van der Waals surface area (Å²) in [6.07, 6.45) is 1.60. The molecule has 9 heteroatoms. The molecule has 1 aromatic carbocycles. The van der Waals surface area contributed by atoms with Crippen LogP contribution in [0.1, 0.15) is 23.2 Å². The van der Waals surface area contributed by atoms with Crippen molar-refractivity contribution in [3.05, 3.63) is 17.7 Å². The number of anilines is 1. The summed E-state index contributed by atoms with van der Waals surface area (Å²) in [4.78, 5) is 11.2. The molecule has 0 atom stereocenters. The first kappa shape index (κ1) is 16.4. The fourth-order valence-electron chi connectivity index (χ4n) is 2.30. The number of aromatic carboxylic acids is 1. The molecule has 1 aromatic rings. The molecule has 0 saturated carbocycles. The summed E-state index contributed by atoms with van der Waals surface area (Å²) >= 11 is 0. The fraction of sp³-hybridized carbons (Fsp3) is 0.462. The molecule has 122 valence electrons. The van der Waals surface area contributed by atoms with Crippen molar-refractivity contribution in [3.8, 4) is 11.5 Å². The Morgan fingerprint density at radius 2 is 1.86 bits per heavy atom. The highest BCUT2D eigenvalue weighted by Gasteiger charge is 2.27. The van der Waals surface area contributed by atoms with Gasteiger partial charge in [0.15, 0.2) is 11.5 Å². The molecule has 0 unspecified atom stereocenters. The number of rotatable bonds is 6. The van der Waals surface area contributed by atoms with E-state index in [-0.39, 0.29) is 22.7 Å². The minimum atomic E-state index is -3.76. The van der Waals surface area contributed by atoms with Gasteiger partial charge in [-0.2, -0.15) is 12.7 Å². The fourth-order valence-corrected chi connectivity index (χ4v) is 3.59. The number of benzene rings is 1. The molecular formula is C13H18N2O6S. The summed E-state index contributed by atoms with van der Waals surface area (Å²) in [6.45, 7) is 0.876. The van der Waals surface area contributed by atoms with Crippen molar-refractivity contribution in [1.29, 1.82) is 0 Å². The average Bonchev–Trinajstić information content (AvgIpc) is 3.00. The summed E-state index contributed by atoms with van der Waals surface area (Å²) < 4.78 is 38.6. The Kier molecular flexibility index (Phi) is 4.77. The Morgan fingerprint density at radius 1 is 1.23 bits per heavy atom. The topological polar surface area (TPSA) is 105 Å². The molecule has 1 heterocycles. The number of hydrogen-bond donors (Lipinski definition) is 2. The molecule has 1 fully saturated rings. The Balaban J connectivity index is 2.44. The molecular weight excluding hydrogens is 312 g/mol. The normalized spacial score (nSPS) is 15.5. The zero-order valence-electron chi connectivity index (χ0n) is 12.3. The maximum absolute atomic E-state index is 12.3. The first-order valence-electron chi connectivity index (χ1n) is 6.66. The highest BCUT2D eigenvalue weighted by molar-refractivity contribution is 7.90. The van der Waals surface area contributed by atoms with Gasteiger partial charge in [-0.25, -0.2) is 4.79 Å². The third-order valence-electron chi connectivity index (χ3n) is 3.37. The number of carboxylic acids is 1. The van der Waals surface area contributed by atoms with E-state index in [9.17, 15) is 13.2 Å². The lowest BCUT2D eigenvalue weighted by Crippen LogP contribution is -2.33. The van der Waals surface area contributed by atoms with Gasteiger partial charge < -0.3 is 14.6 Å². The van der Waals surface area contributed by atoms with E-state index in [1.807, 2.05) is 0 Å². The third-order valence-corrected chi connectivity index (χ3v) is 4.89. The second-order valence-electron chi connectivity index (χ2n) is 4.78. The Hall–Kier alpha value is -2.00. The van der Waals surface area contributed by atoms with Crippen molar-refractivity contribution in [2.24, 2.45) is 0 Å². The molecule has 1 saturated heterocycles.